The van der Waals surface area contributed by atoms with Crippen LogP contribution in [-0.4, -0.2) is 39.6 Å². The Labute approximate surface area is 111 Å². The first-order chi connectivity index (χ1) is 8.55. The number of Topliss-reactive ketones (excluding diaryl/α,β-unsaturated/α-hetero) is 1. The van der Waals surface area contributed by atoms with E-state index in [0.29, 0.717) is 0 Å². The summed E-state index contributed by atoms with van der Waals surface area (Å²) in [5, 5.41) is 8.78. The van der Waals surface area contributed by atoms with Gasteiger partial charge in [0.25, 0.3) is 5.91 Å². The predicted molar refractivity (Wildman–Crippen MR) is 66.1 cm³/mol. The molecule has 0 saturated heterocycles. The third kappa shape index (κ3) is 3.07. The summed E-state index contributed by atoms with van der Waals surface area (Å²) < 4.78 is 0. The number of aliphatic carboxylic acids is 1. The van der Waals surface area contributed by atoms with Gasteiger partial charge in [-0.25, -0.2) is 4.79 Å². The highest BCUT2D eigenvalue weighted by Crippen LogP contribution is 2.23. The minimum Gasteiger partial charge on any atom is -0.478 e. The van der Waals surface area contributed by atoms with Crippen molar-refractivity contribution in [2.24, 2.45) is 5.41 Å². The molecule has 0 aromatic heterocycles. The molecule has 0 bridgehead atoms. The Bertz CT molecular complexity index is 484. The SMILES string of the molecule is CC(C(=O)C(C)(C)C)N1C(=O)C=C(C(=O)O)CC1=O. The van der Waals surface area contributed by atoms with Crippen molar-refractivity contribution < 1.29 is 24.3 Å². The van der Waals surface area contributed by atoms with Gasteiger partial charge in [-0.05, 0) is 6.92 Å². The fourth-order valence-corrected chi connectivity index (χ4v) is 1.93. The molecule has 6 nitrogen and oxygen atoms in total. The first kappa shape index (κ1) is 15.1. The average molecular weight is 267 g/mol. The van der Waals surface area contributed by atoms with Gasteiger partial charge in [0.2, 0.25) is 5.91 Å². The topological polar surface area (TPSA) is 91.8 Å². The van der Waals surface area contributed by atoms with Gasteiger partial charge in [-0.15, -0.1) is 0 Å². The summed E-state index contributed by atoms with van der Waals surface area (Å²) >= 11 is 0. The van der Waals surface area contributed by atoms with E-state index in [9.17, 15) is 19.2 Å². The van der Waals surface area contributed by atoms with Gasteiger partial charge < -0.3 is 5.11 Å². The van der Waals surface area contributed by atoms with Crippen molar-refractivity contribution in [3.05, 3.63) is 11.6 Å². The maximum absolute atomic E-state index is 12.1. The molecule has 1 aliphatic rings. The smallest absolute Gasteiger partial charge is 0.332 e. The maximum atomic E-state index is 12.1. The molecular formula is C13H17NO5. The lowest BCUT2D eigenvalue weighted by atomic mass is 9.86. The minimum atomic E-state index is -1.30. The van der Waals surface area contributed by atoms with Gasteiger partial charge in [0.15, 0.2) is 5.78 Å². The van der Waals surface area contributed by atoms with E-state index >= 15 is 0 Å². The van der Waals surface area contributed by atoms with Crippen molar-refractivity contribution in [1.82, 2.24) is 4.90 Å². The van der Waals surface area contributed by atoms with E-state index in [1.165, 1.54) is 6.92 Å². The van der Waals surface area contributed by atoms with Crippen LogP contribution >= 0.6 is 0 Å². The number of nitrogens with zero attached hydrogens (tertiary/aromatic N) is 1. The van der Waals surface area contributed by atoms with Crippen LogP contribution in [0.2, 0.25) is 0 Å². The van der Waals surface area contributed by atoms with Crippen LogP contribution in [0.5, 0.6) is 0 Å². The number of hydrogen-bond acceptors (Lipinski definition) is 4. The van der Waals surface area contributed by atoms with Crippen LogP contribution in [-0.2, 0) is 19.2 Å². The van der Waals surface area contributed by atoms with Gasteiger partial charge >= 0.3 is 5.97 Å². The molecule has 104 valence electrons. The molecule has 19 heavy (non-hydrogen) atoms. The highest BCUT2D eigenvalue weighted by atomic mass is 16.4. The third-order valence-electron chi connectivity index (χ3n) is 2.93. The lowest BCUT2D eigenvalue weighted by Crippen LogP contribution is -2.51. The second-order valence-electron chi connectivity index (χ2n) is 5.54. The van der Waals surface area contributed by atoms with Gasteiger partial charge in [0.1, 0.15) is 0 Å². The molecule has 0 saturated carbocycles. The standard InChI is InChI=1S/C13H17NO5/c1-7(11(17)13(2,3)4)14-9(15)5-8(12(18)19)6-10(14)16/h5,7H,6H2,1-4H3,(H,18,19). The molecule has 1 rings (SSSR count). The molecule has 1 atom stereocenters. The molecule has 1 heterocycles. The van der Waals surface area contributed by atoms with Gasteiger partial charge in [-0.2, -0.15) is 0 Å². The Morgan fingerprint density at radius 2 is 1.84 bits per heavy atom. The molecule has 1 N–H and O–H groups in total. The van der Waals surface area contributed by atoms with Crippen LogP contribution in [0.3, 0.4) is 0 Å². The fourth-order valence-electron chi connectivity index (χ4n) is 1.93. The maximum Gasteiger partial charge on any atom is 0.332 e. The fraction of sp³-hybridized carbons (Fsp3) is 0.538. The Kier molecular flexibility index (Phi) is 3.93. The van der Waals surface area contributed by atoms with Crippen molar-refractivity contribution >= 4 is 23.6 Å². The molecule has 1 unspecified atom stereocenters. The predicted octanol–water partition coefficient (Wildman–Crippen LogP) is 0.760. The molecule has 0 aliphatic carbocycles. The monoisotopic (exact) mass is 267 g/mol. The van der Waals surface area contributed by atoms with Gasteiger partial charge in [0, 0.05) is 11.5 Å². The van der Waals surface area contributed by atoms with Crippen molar-refractivity contribution in [3.63, 3.8) is 0 Å². The first-order valence-electron chi connectivity index (χ1n) is 5.90. The molecular weight excluding hydrogens is 250 g/mol. The van der Waals surface area contributed by atoms with Crippen LogP contribution in [0, 0.1) is 5.41 Å². The van der Waals surface area contributed by atoms with Crippen molar-refractivity contribution in [3.8, 4) is 0 Å². The molecule has 0 fully saturated rings. The molecule has 0 spiro atoms. The molecule has 0 aromatic carbocycles. The van der Waals surface area contributed by atoms with Gasteiger partial charge in [0.05, 0.1) is 18.0 Å². The third-order valence-corrected chi connectivity index (χ3v) is 2.93. The highest BCUT2D eigenvalue weighted by molar-refractivity contribution is 6.13. The number of imide groups is 1. The van der Waals surface area contributed by atoms with Crippen molar-refractivity contribution in [2.75, 3.05) is 0 Å². The Hall–Kier alpha value is -1.98. The molecule has 0 aromatic rings. The Morgan fingerprint density at radius 1 is 1.32 bits per heavy atom. The van der Waals surface area contributed by atoms with E-state index in [1.54, 1.807) is 20.8 Å². The van der Waals surface area contributed by atoms with E-state index in [1.807, 2.05) is 0 Å². The quantitative estimate of drug-likeness (QED) is 0.762. The van der Waals surface area contributed by atoms with Crippen LogP contribution in [0.4, 0.5) is 0 Å². The molecule has 2 amide bonds. The number of rotatable bonds is 3. The van der Waals surface area contributed by atoms with Gasteiger partial charge in [-0.3, -0.25) is 19.3 Å². The lowest BCUT2D eigenvalue weighted by molar-refractivity contribution is -0.152. The number of carbonyl (C=O) groups is 4. The zero-order valence-corrected chi connectivity index (χ0v) is 11.4. The summed E-state index contributed by atoms with van der Waals surface area (Å²) in [6.45, 7) is 6.57. The average Bonchev–Trinajstić information content (AvgIpc) is 2.25. The number of carbonyl (C=O) groups excluding carboxylic acids is 3. The van der Waals surface area contributed by atoms with Gasteiger partial charge in [-0.1, -0.05) is 20.8 Å². The van der Waals surface area contributed by atoms with E-state index in [-0.39, 0.29) is 17.8 Å². The molecule has 0 radical (unpaired) electrons. The lowest BCUT2D eigenvalue weighted by Gasteiger charge is -2.32. The zero-order chi connectivity index (χ0) is 15.0. The number of carboxylic acids is 1. The molecule has 1 aliphatic heterocycles. The first-order valence-corrected chi connectivity index (χ1v) is 5.90. The van der Waals surface area contributed by atoms with Crippen LogP contribution in [0.1, 0.15) is 34.1 Å². The van der Waals surface area contributed by atoms with Crippen molar-refractivity contribution in [1.29, 1.82) is 0 Å². The van der Waals surface area contributed by atoms with Crippen LogP contribution in [0.15, 0.2) is 11.6 Å². The number of carboxylic acid groups (broad SMARTS) is 1. The molecule has 6 heteroatoms. The van der Waals surface area contributed by atoms with E-state index in [4.69, 9.17) is 5.11 Å². The summed E-state index contributed by atoms with van der Waals surface area (Å²) in [7, 11) is 0. The number of hydrogen-bond donors (Lipinski definition) is 1. The zero-order valence-electron chi connectivity index (χ0n) is 11.4. The summed E-state index contributed by atoms with van der Waals surface area (Å²) in [4.78, 5) is 47.3. The normalized spacial score (nSPS) is 18.1. The Balaban J connectivity index is 3.04. The van der Waals surface area contributed by atoms with E-state index < -0.39 is 29.2 Å². The summed E-state index contributed by atoms with van der Waals surface area (Å²) in [6, 6.07) is -0.897. The summed E-state index contributed by atoms with van der Waals surface area (Å²) in [5.74, 6) is -2.95. The van der Waals surface area contributed by atoms with E-state index in [0.717, 1.165) is 11.0 Å². The summed E-state index contributed by atoms with van der Waals surface area (Å²) in [6.07, 6.45) is 0.527. The minimum absolute atomic E-state index is 0.248. The van der Waals surface area contributed by atoms with E-state index in [2.05, 4.69) is 0 Å². The number of amides is 2. The number of ketones is 1. The largest absolute Gasteiger partial charge is 0.478 e. The summed E-state index contributed by atoms with van der Waals surface area (Å²) in [5.41, 5.74) is -0.932. The second kappa shape index (κ2) is 4.95. The highest BCUT2D eigenvalue weighted by Gasteiger charge is 2.38. The van der Waals surface area contributed by atoms with Crippen LogP contribution in [0.25, 0.3) is 0 Å². The van der Waals surface area contributed by atoms with Crippen LogP contribution < -0.4 is 0 Å². The second-order valence-corrected chi connectivity index (χ2v) is 5.54. The Morgan fingerprint density at radius 3 is 2.21 bits per heavy atom. The van der Waals surface area contributed by atoms with Crippen molar-refractivity contribution in [2.45, 2.75) is 40.2 Å².